The predicted molar refractivity (Wildman–Crippen MR) is 213 cm³/mol. The molecule has 7 rings (SSSR count). The maximum absolute atomic E-state index is 15.1. The van der Waals surface area contributed by atoms with Gasteiger partial charge in [0, 0.05) is 43.0 Å². The first-order chi connectivity index (χ1) is 27.3. The van der Waals surface area contributed by atoms with Gasteiger partial charge in [0.1, 0.15) is 22.7 Å². The number of nitrogens with one attached hydrogen (secondary N) is 1. The summed E-state index contributed by atoms with van der Waals surface area (Å²) >= 11 is 1.38. The largest absolute Gasteiger partial charge is 0.490 e. The highest BCUT2D eigenvalue weighted by molar-refractivity contribution is 7.22. The lowest BCUT2D eigenvalue weighted by atomic mass is 9.93. The maximum atomic E-state index is 15.1. The van der Waals surface area contributed by atoms with E-state index in [-0.39, 0.29) is 47.7 Å². The van der Waals surface area contributed by atoms with Crippen molar-refractivity contribution in [3.63, 3.8) is 0 Å². The maximum Gasteiger partial charge on any atom is 0.420 e. The van der Waals surface area contributed by atoms with Gasteiger partial charge in [-0.3, -0.25) is 10.1 Å². The van der Waals surface area contributed by atoms with Crippen molar-refractivity contribution in [3.05, 3.63) is 101 Å². The number of nitrogens with zero attached hydrogens (tertiary/aromatic N) is 3. The second kappa shape index (κ2) is 16.8. The average Bonchev–Trinajstić information content (AvgIpc) is 3.59. The number of para-hydroxylation sites is 1. The number of rotatable bonds is 11. The number of fused-ring (bicyclic) bond motifs is 2. The minimum atomic E-state index is -4.83. The highest BCUT2D eigenvalue weighted by Crippen LogP contribution is 2.45. The number of hydrogen-bond acceptors (Lipinski definition) is 10. The number of benzene rings is 3. The molecule has 1 amide bonds. The first-order valence-electron chi connectivity index (χ1n) is 19.1. The number of amides is 1. The molecule has 14 heteroatoms. The smallest absolute Gasteiger partial charge is 0.420 e. The zero-order chi connectivity index (χ0) is 40.3. The predicted octanol–water partition coefficient (Wildman–Crippen LogP) is 9.24. The van der Waals surface area contributed by atoms with Crippen molar-refractivity contribution in [3.8, 4) is 16.9 Å². The Bertz CT molecular complexity index is 2210. The number of esters is 1. The van der Waals surface area contributed by atoms with Crippen molar-refractivity contribution in [2.75, 3.05) is 30.0 Å². The van der Waals surface area contributed by atoms with E-state index in [0.29, 0.717) is 68.2 Å². The first kappa shape index (κ1) is 40.2. The van der Waals surface area contributed by atoms with Crippen molar-refractivity contribution in [1.82, 2.24) is 9.97 Å². The number of carbonyl (C=O) groups is 2. The quantitative estimate of drug-likeness (QED) is 0.0994. The fourth-order valence-corrected chi connectivity index (χ4v) is 8.22. The molecule has 2 aliphatic rings. The van der Waals surface area contributed by atoms with Gasteiger partial charge in [-0.15, -0.1) is 0 Å². The minimum Gasteiger partial charge on any atom is -0.490 e. The molecule has 0 radical (unpaired) electrons. The van der Waals surface area contributed by atoms with Gasteiger partial charge in [-0.2, -0.15) is 13.2 Å². The van der Waals surface area contributed by atoms with Crippen molar-refractivity contribution in [1.29, 1.82) is 0 Å². The SMILES string of the molecule is CC(C)(C)OC(=O)c1nc(N2CCc3cccc(C(=O)Nc4nc5ccccc5s4)c3C2)ccc1-c1cccc(OC2CCC(OCCCO)CC2)c1C(F)(F)F. The summed E-state index contributed by atoms with van der Waals surface area (Å²) in [5.41, 5.74) is 0.507. The number of aliphatic hydroxyl groups excluding tert-OH is 1. The van der Waals surface area contributed by atoms with Crippen LogP contribution >= 0.6 is 11.3 Å². The van der Waals surface area contributed by atoms with E-state index < -0.39 is 29.4 Å². The van der Waals surface area contributed by atoms with Crippen molar-refractivity contribution in [2.45, 2.75) is 89.8 Å². The van der Waals surface area contributed by atoms with Gasteiger partial charge in [0.25, 0.3) is 5.91 Å². The number of thiazole rings is 1. The normalized spacial score (nSPS) is 17.3. The van der Waals surface area contributed by atoms with Gasteiger partial charge in [0.15, 0.2) is 10.8 Å². The molecule has 300 valence electrons. The van der Waals surface area contributed by atoms with E-state index in [1.165, 1.54) is 35.6 Å². The molecule has 10 nitrogen and oxygen atoms in total. The number of alkyl halides is 3. The third-order valence-electron chi connectivity index (χ3n) is 10.00. The number of halogens is 3. The highest BCUT2D eigenvalue weighted by atomic mass is 32.1. The van der Waals surface area contributed by atoms with Crippen LogP contribution in [0.1, 0.15) is 90.4 Å². The van der Waals surface area contributed by atoms with Crippen LogP contribution in [0.5, 0.6) is 5.75 Å². The van der Waals surface area contributed by atoms with Gasteiger partial charge in [-0.25, -0.2) is 14.8 Å². The molecule has 1 saturated carbocycles. The van der Waals surface area contributed by atoms with Crippen LogP contribution in [0.3, 0.4) is 0 Å². The van der Waals surface area contributed by atoms with Crippen molar-refractivity contribution >= 4 is 44.4 Å². The lowest BCUT2D eigenvalue weighted by Gasteiger charge is -2.32. The van der Waals surface area contributed by atoms with Crippen LogP contribution in [0.15, 0.2) is 72.8 Å². The van der Waals surface area contributed by atoms with Crippen LogP contribution < -0.4 is 15.0 Å². The van der Waals surface area contributed by atoms with Crippen LogP contribution in [0, 0.1) is 0 Å². The fraction of sp³-hybridized carbons (Fsp3) is 0.395. The zero-order valence-electron chi connectivity index (χ0n) is 32.0. The van der Waals surface area contributed by atoms with Crippen molar-refractivity contribution < 1.29 is 42.1 Å². The molecule has 0 unspecified atom stereocenters. The second-order valence-electron chi connectivity index (χ2n) is 15.3. The molecular weight excluding hydrogens is 758 g/mol. The number of carbonyl (C=O) groups excluding carboxylic acids is 2. The Morgan fingerprint density at radius 3 is 2.40 bits per heavy atom. The van der Waals surface area contributed by atoms with E-state index in [4.69, 9.17) is 24.3 Å². The Hall–Kier alpha value is -5.05. The minimum absolute atomic E-state index is 0.0314. The molecule has 3 aromatic carbocycles. The van der Waals surface area contributed by atoms with Crippen LogP contribution in [0.4, 0.5) is 24.1 Å². The van der Waals surface area contributed by atoms with E-state index in [1.54, 1.807) is 32.9 Å². The molecule has 3 heterocycles. The summed E-state index contributed by atoms with van der Waals surface area (Å²) in [4.78, 5) is 38.7. The van der Waals surface area contributed by atoms with Crippen molar-refractivity contribution in [2.24, 2.45) is 0 Å². The second-order valence-corrected chi connectivity index (χ2v) is 16.3. The fourth-order valence-electron chi connectivity index (χ4n) is 7.36. The van der Waals surface area contributed by atoms with Gasteiger partial charge in [0.2, 0.25) is 0 Å². The summed E-state index contributed by atoms with van der Waals surface area (Å²) in [6.45, 7) is 6.25. The molecule has 1 fully saturated rings. The molecule has 57 heavy (non-hydrogen) atoms. The highest BCUT2D eigenvalue weighted by Gasteiger charge is 2.40. The first-order valence-corrected chi connectivity index (χ1v) is 20.0. The molecule has 0 saturated heterocycles. The molecule has 5 aromatic rings. The van der Waals surface area contributed by atoms with E-state index in [2.05, 4.69) is 10.3 Å². The van der Waals surface area contributed by atoms with Gasteiger partial charge in [0.05, 0.1) is 22.4 Å². The van der Waals surface area contributed by atoms with Gasteiger partial charge >= 0.3 is 12.1 Å². The molecule has 0 spiro atoms. The molecular formula is C43H45F3N4O6S. The lowest BCUT2D eigenvalue weighted by molar-refractivity contribution is -0.139. The Morgan fingerprint density at radius 2 is 1.67 bits per heavy atom. The van der Waals surface area contributed by atoms with Gasteiger partial charge in [-0.05, 0) is 107 Å². The van der Waals surface area contributed by atoms with E-state index in [9.17, 15) is 9.59 Å². The van der Waals surface area contributed by atoms with E-state index >= 15 is 13.2 Å². The van der Waals surface area contributed by atoms with Crippen LogP contribution in [0.25, 0.3) is 21.3 Å². The number of anilines is 2. The standard InChI is InChI=1S/C43H45F3N4O6S/c1-42(2,3)56-40(53)38-30(29-10-7-13-34(37(29)43(44,45)46)55-28-17-15-27(16-18-28)54-24-8-23-51)19-20-36(48-38)50-22-21-26-9-6-11-31(32(26)25-50)39(52)49-41-47-33-12-4-5-14-35(33)57-41/h4-7,9-14,19-20,27-28,51H,8,15-18,21-25H2,1-3H3,(H,47,49,52). The Morgan fingerprint density at radius 1 is 0.912 bits per heavy atom. The number of hydrogen-bond donors (Lipinski definition) is 2. The Balaban J connectivity index is 1.19. The molecule has 2 N–H and O–H groups in total. The molecule has 1 aliphatic heterocycles. The summed E-state index contributed by atoms with van der Waals surface area (Å²) in [7, 11) is 0. The summed E-state index contributed by atoms with van der Waals surface area (Å²) in [6, 6.07) is 20.4. The summed E-state index contributed by atoms with van der Waals surface area (Å²) in [5, 5.41) is 12.5. The number of pyridine rings is 1. The van der Waals surface area contributed by atoms with Gasteiger partial charge in [-0.1, -0.05) is 47.7 Å². The van der Waals surface area contributed by atoms with Crippen LogP contribution in [-0.2, 0) is 28.6 Å². The molecule has 1 aliphatic carbocycles. The van der Waals surface area contributed by atoms with Crippen LogP contribution in [-0.4, -0.2) is 64.5 Å². The van der Waals surface area contributed by atoms with Gasteiger partial charge < -0.3 is 24.2 Å². The Labute approximate surface area is 333 Å². The lowest BCUT2D eigenvalue weighted by Crippen LogP contribution is -2.33. The van der Waals surface area contributed by atoms with Crippen LogP contribution in [0.2, 0.25) is 0 Å². The average molecular weight is 803 g/mol. The molecule has 0 bridgehead atoms. The summed E-state index contributed by atoms with van der Waals surface area (Å²) in [6.07, 6.45) is -1.96. The van der Waals surface area contributed by atoms with E-state index in [0.717, 1.165) is 21.3 Å². The van der Waals surface area contributed by atoms with E-state index in [1.807, 2.05) is 41.3 Å². The third kappa shape index (κ3) is 9.40. The number of ether oxygens (including phenoxy) is 3. The monoisotopic (exact) mass is 802 g/mol. The molecule has 2 aromatic heterocycles. The topological polar surface area (TPSA) is 123 Å². The summed E-state index contributed by atoms with van der Waals surface area (Å²) < 4.78 is 63.8. The Kier molecular flexibility index (Phi) is 11.8. The molecule has 0 atom stereocenters. The third-order valence-corrected chi connectivity index (χ3v) is 11.0. The zero-order valence-corrected chi connectivity index (χ0v) is 32.8. The number of aliphatic hydroxyl groups is 1. The summed E-state index contributed by atoms with van der Waals surface area (Å²) in [5.74, 6) is -1.16. The number of aromatic nitrogens is 2.